The van der Waals surface area contributed by atoms with Crippen LogP contribution in [0.15, 0.2) is 30.6 Å². The van der Waals surface area contributed by atoms with Gasteiger partial charge in [0.1, 0.15) is 11.6 Å². The lowest BCUT2D eigenvalue weighted by molar-refractivity contribution is 0.0690. The monoisotopic (exact) mass is 329 g/mol. The normalized spacial score (nSPS) is 14.5. The van der Waals surface area contributed by atoms with E-state index >= 15 is 0 Å². The van der Waals surface area contributed by atoms with Crippen molar-refractivity contribution in [3.05, 3.63) is 36.3 Å². The summed E-state index contributed by atoms with van der Waals surface area (Å²) in [7, 11) is 0. The SMILES string of the molecule is CCOc1cccc(N2CCN(c3cnc(C(=O)O)cn3)CC2)n1. The van der Waals surface area contributed by atoms with Crippen LogP contribution in [0.25, 0.3) is 0 Å². The molecule has 2 aromatic rings. The zero-order valence-electron chi connectivity index (χ0n) is 13.4. The van der Waals surface area contributed by atoms with E-state index in [-0.39, 0.29) is 5.69 Å². The van der Waals surface area contributed by atoms with E-state index in [2.05, 4.69) is 24.8 Å². The topological polar surface area (TPSA) is 91.7 Å². The minimum atomic E-state index is -1.07. The Bertz CT molecular complexity index is 699. The summed E-state index contributed by atoms with van der Waals surface area (Å²) in [5.41, 5.74) is -0.0469. The smallest absolute Gasteiger partial charge is 0.356 e. The van der Waals surface area contributed by atoms with Crippen LogP contribution >= 0.6 is 0 Å². The van der Waals surface area contributed by atoms with Gasteiger partial charge in [0, 0.05) is 32.2 Å². The van der Waals surface area contributed by atoms with Crippen molar-refractivity contribution in [1.29, 1.82) is 0 Å². The molecule has 2 aromatic heterocycles. The number of rotatable bonds is 5. The van der Waals surface area contributed by atoms with Gasteiger partial charge in [-0.2, -0.15) is 4.98 Å². The van der Waals surface area contributed by atoms with Crippen LogP contribution in [0, 0.1) is 0 Å². The molecule has 1 aliphatic heterocycles. The molecule has 1 saturated heterocycles. The second kappa shape index (κ2) is 7.12. The molecular weight excluding hydrogens is 310 g/mol. The van der Waals surface area contributed by atoms with Crippen molar-refractivity contribution < 1.29 is 14.6 Å². The first-order chi connectivity index (χ1) is 11.7. The molecule has 24 heavy (non-hydrogen) atoms. The van der Waals surface area contributed by atoms with Crippen molar-refractivity contribution in [2.75, 3.05) is 42.6 Å². The summed E-state index contributed by atoms with van der Waals surface area (Å²) in [4.78, 5) is 27.7. The van der Waals surface area contributed by atoms with Gasteiger partial charge >= 0.3 is 5.97 Å². The molecule has 0 atom stereocenters. The highest BCUT2D eigenvalue weighted by Gasteiger charge is 2.20. The Morgan fingerprint density at radius 3 is 2.42 bits per heavy atom. The molecule has 0 unspecified atom stereocenters. The number of carbonyl (C=O) groups is 1. The first-order valence-electron chi connectivity index (χ1n) is 7.82. The Labute approximate surface area is 139 Å². The van der Waals surface area contributed by atoms with Gasteiger partial charge < -0.3 is 19.6 Å². The third-order valence-corrected chi connectivity index (χ3v) is 3.79. The maximum atomic E-state index is 10.8. The average molecular weight is 329 g/mol. The zero-order chi connectivity index (χ0) is 16.9. The number of anilines is 2. The molecule has 8 heteroatoms. The molecule has 0 spiro atoms. The zero-order valence-corrected chi connectivity index (χ0v) is 13.4. The number of aromatic nitrogens is 3. The summed E-state index contributed by atoms with van der Waals surface area (Å²) in [5, 5.41) is 8.87. The van der Waals surface area contributed by atoms with Gasteiger partial charge in [0.25, 0.3) is 0 Å². The highest BCUT2D eigenvalue weighted by molar-refractivity contribution is 5.84. The Morgan fingerprint density at radius 2 is 1.83 bits per heavy atom. The van der Waals surface area contributed by atoms with Crippen molar-refractivity contribution in [3.63, 3.8) is 0 Å². The molecule has 1 fully saturated rings. The quantitative estimate of drug-likeness (QED) is 0.877. The summed E-state index contributed by atoms with van der Waals surface area (Å²) >= 11 is 0. The molecule has 0 saturated carbocycles. The Morgan fingerprint density at radius 1 is 1.12 bits per heavy atom. The standard InChI is InChI=1S/C16H19N5O3/c1-2-24-15-5-3-4-13(19-15)20-6-8-21(9-7-20)14-11-17-12(10-18-14)16(22)23/h3-5,10-11H,2,6-9H2,1H3,(H,22,23). The molecule has 0 amide bonds. The van der Waals surface area contributed by atoms with Crippen molar-refractivity contribution in [3.8, 4) is 5.88 Å². The lowest BCUT2D eigenvalue weighted by atomic mass is 10.3. The summed E-state index contributed by atoms with van der Waals surface area (Å²) in [5.74, 6) is 1.15. The van der Waals surface area contributed by atoms with Crippen LogP contribution in [0.4, 0.5) is 11.6 Å². The maximum absolute atomic E-state index is 10.8. The number of aromatic carboxylic acids is 1. The van der Waals surface area contributed by atoms with Crippen molar-refractivity contribution >= 4 is 17.6 Å². The van der Waals surface area contributed by atoms with Crippen molar-refractivity contribution in [2.24, 2.45) is 0 Å². The molecular formula is C16H19N5O3. The predicted molar refractivity (Wildman–Crippen MR) is 88.8 cm³/mol. The van der Waals surface area contributed by atoms with E-state index in [4.69, 9.17) is 9.84 Å². The summed E-state index contributed by atoms with van der Waals surface area (Å²) < 4.78 is 5.44. The molecule has 0 aliphatic carbocycles. The van der Waals surface area contributed by atoms with Crippen LogP contribution in [0.1, 0.15) is 17.4 Å². The van der Waals surface area contributed by atoms with Crippen LogP contribution in [0.3, 0.4) is 0 Å². The van der Waals surface area contributed by atoms with E-state index in [1.165, 1.54) is 12.4 Å². The predicted octanol–water partition coefficient (Wildman–Crippen LogP) is 1.30. The summed E-state index contributed by atoms with van der Waals surface area (Å²) in [6.07, 6.45) is 2.80. The van der Waals surface area contributed by atoms with Gasteiger partial charge in [-0.3, -0.25) is 0 Å². The number of carboxylic acids is 1. The fraction of sp³-hybridized carbons (Fsp3) is 0.375. The first-order valence-corrected chi connectivity index (χ1v) is 7.82. The van der Waals surface area contributed by atoms with E-state index in [1.807, 2.05) is 25.1 Å². The average Bonchev–Trinajstić information content (AvgIpc) is 2.62. The first kappa shape index (κ1) is 16.0. The number of pyridine rings is 1. The van der Waals surface area contributed by atoms with E-state index < -0.39 is 5.97 Å². The number of nitrogens with zero attached hydrogens (tertiary/aromatic N) is 5. The molecule has 0 aromatic carbocycles. The molecule has 1 aliphatic rings. The third-order valence-electron chi connectivity index (χ3n) is 3.79. The minimum Gasteiger partial charge on any atom is -0.478 e. The fourth-order valence-corrected chi connectivity index (χ4v) is 2.57. The molecule has 3 heterocycles. The lowest BCUT2D eigenvalue weighted by Crippen LogP contribution is -2.47. The molecule has 126 valence electrons. The van der Waals surface area contributed by atoms with Crippen LogP contribution in [0.2, 0.25) is 0 Å². The molecule has 8 nitrogen and oxygen atoms in total. The van der Waals surface area contributed by atoms with E-state index in [0.29, 0.717) is 18.3 Å². The van der Waals surface area contributed by atoms with Gasteiger partial charge in [-0.05, 0) is 13.0 Å². The highest BCUT2D eigenvalue weighted by Crippen LogP contribution is 2.19. The molecule has 0 radical (unpaired) electrons. The van der Waals surface area contributed by atoms with Crippen LogP contribution in [0.5, 0.6) is 5.88 Å². The van der Waals surface area contributed by atoms with Gasteiger partial charge in [-0.1, -0.05) is 6.07 Å². The van der Waals surface area contributed by atoms with Gasteiger partial charge in [-0.15, -0.1) is 0 Å². The van der Waals surface area contributed by atoms with Crippen LogP contribution in [-0.2, 0) is 0 Å². The second-order valence-electron chi connectivity index (χ2n) is 5.31. The minimum absolute atomic E-state index is 0.0469. The maximum Gasteiger partial charge on any atom is 0.356 e. The summed E-state index contributed by atoms with van der Waals surface area (Å²) in [6, 6.07) is 5.76. The Hall–Kier alpha value is -2.90. The largest absolute Gasteiger partial charge is 0.478 e. The highest BCUT2D eigenvalue weighted by atomic mass is 16.5. The molecule has 1 N–H and O–H groups in total. The van der Waals surface area contributed by atoms with E-state index in [0.717, 1.165) is 32.0 Å². The van der Waals surface area contributed by atoms with Gasteiger partial charge in [0.15, 0.2) is 5.69 Å². The number of carboxylic acid groups (broad SMARTS) is 1. The number of piperazine rings is 1. The van der Waals surface area contributed by atoms with Crippen molar-refractivity contribution in [2.45, 2.75) is 6.92 Å². The molecule has 0 bridgehead atoms. The Balaban J connectivity index is 1.63. The van der Waals surface area contributed by atoms with Crippen molar-refractivity contribution in [1.82, 2.24) is 15.0 Å². The van der Waals surface area contributed by atoms with E-state index in [1.54, 1.807) is 0 Å². The van der Waals surface area contributed by atoms with Gasteiger partial charge in [-0.25, -0.2) is 14.8 Å². The van der Waals surface area contributed by atoms with Crippen LogP contribution < -0.4 is 14.5 Å². The summed E-state index contributed by atoms with van der Waals surface area (Å²) in [6.45, 7) is 5.65. The third kappa shape index (κ3) is 3.53. The van der Waals surface area contributed by atoms with E-state index in [9.17, 15) is 4.79 Å². The number of ether oxygens (including phenoxy) is 1. The number of hydrogen-bond acceptors (Lipinski definition) is 7. The van der Waals surface area contributed by atoms with Crippen LogP contribution in [-0.4, -0.2) is 58.8 Å². The molecule has 3 rings (SSSR count). The van der Waals surface area contributed by atoms with Gasteiger partial charge in [0.05, 0.1) is 19.0 Å². The number of hydrogen-bond donors (Lipinski definition) is 1. The lowest BCUT2D eigenvalue weighted by Gasteiger charge is -2.35. The fourth-order valence-electron chi connectivity index (χ4n) is 2.57. The van der Waals surface area contributed by atoms with Gasteiger partial charge in [0.2, 0.25) is 5.88 Å². The second-order valence-corrected chi connectivity index (χ2v) is 5.31. The Kier molecular flexibility index (Phi) is 4.74.